The monoisotopic (exact) mass is 256 g/mol. The molecule has 0 bridgehead atoms. The van der Waals surface area contributed by atoms with Gasteiger partial charge in [0, 0.05) is 40.9 Å². The van der Waals surface area contributed by atoms with Crippen LogP contribution < -0.4 is 0 Å². The van der Waals surface area contributed by atoms with Crippen LogP contribution in [0.1, 0.15) is 32.1 Å². The highest BCUT2D eigenvalue weighted by Gasteiger charge is 2.32. The van der Waals surface area contributed by atoms with Gasteiger partial charge in [0.1, 0.15) is 0 Å². The summed E-state index contributed by atoms with van der Waals surface area (Å²) in [4.78, 5) is 5.41. The summed E-state index contributed by atoms with van der Waals surface area (Å²) < 4.78 is 11.4. The third-order valence-corrected chi connectivity index (χ3v) is 6.09. The van der Waals surface area contributed by atoms with Crippen molar-refractivity contribution in [2.75, 3.05) is 37.7 Å². The van der Waals surface area contributed by atoms with Crippen LogP contribution in [0.2, 0.25) is 0 Å². The van der Waals surface area contributed by atoms with E-state index in [2.05, 4.69) is 9.80 Å². The van der Waals surface area contributed by atoms with Crippen LogP contribution in [-0.4, -0.2) is 63.8 Å². The zero-order valence-electron chi connectivity index (χ0n) is 10.6. The predicted octanol–water partition coefficient (Wildman–Crippen LogP) is 1.07. The minimum atomic E-state index is -0.512. The Balaban J connectivity index is 1.60. The van der Waals surface area contributed by atoms with Gasteiger partial charge in [-0.1, -0.05) is 0 Å². The molecule has 0 saturated carbocycles. The van der Waals surface area contributed by atoms with Crippen LogP contribution in [0.15, 0.2) is 0 Å². The summed E-state index contributed by atoms with van der Waals surface area (Å²) in [7, 11) is -0.512. The van der Waals surface area contributed by atoms with Crippen molar-refractivity contribution in [2.24, 2.45) is 0 Å². The molecule has 1 unspecified atom stereocenters. The smallest absolute Gasteiger partial charge is 0.0249 e. The van der Waals surface area contributed by atoms with Crippen molar-refractivity contribution in [1.29, 1.82) is 0 Å². The molecule has 0 spiro atoms. The Morgan fingerprint density at radius 3 is 2.35 bits per heavy atom. The molecule has 0 aromatic heterocycles. The number of hydrogen-bond donors (Lipinski definition) is 0. The SMILES string of the molecule is O=S1CCC(N2CCCN3CCCC3C2)CC1. The van der Waals surface area contributed by atoms with Gasteiger partial charge < -0.3 is 0 Å². The molecule has 1 atom stereocenters. The van der Waals surface area contributed by atoms with Crippen molar-refractivity contribution in [3.63, 3.8) is 0 Å². The van der Waals surface area contributed by atoms with Gasteiger partial charge >= 0.3 is 0 Å². The molecular weight excluding hydrogens is 232 g/mol. The van der Waals surface area contributed by atoms with E-state index in [9.17, 15) is 4.21 Å². The van der Waals surface area contributed by atoms with Crippen molar-refractivity contribution in [1.82, 2.24) is 9.80 Å². The number of hydrogen-bond acceptors (Lipinski definition) is 3. The summed E-state index contributed by atoms with van der Waals surface area (Å²) in [5.74, 6) is 1.88. The topological polar surface area (TPSA) is 23.6 Å². The molecule has 3 rings (SSSR count). The molecule has 0 aliphatic carbocycles. The second-order valence-corrected chi connectivity index (χ2v) is 7.46. The van der Waals surface area contributed by atoms with Crippen LogP contribution in [0, 0.1) is 0 Å². The van der Waals surface area contributed by atoms with Gasteiger partial charge in [-0.05, 0) is 51.7 Å². The minimum Gasteiger partial charge on any atom is -0.299 e. The van der Waals surface area contributed by atoms with Gasteiger partial charge in [-0.3, -0.25) is 14.0 Å². The fourth-order valence-electron chi connectivity index (χ4n) is 3.71. The summed E-state index contributed by atoms with van der Waals surface area (Å²) in [5, 5.41) is 0. The Kier molecular flexibility index (Phi) is 3.83. The second-order valence-electron chi connectivity index (χ2n) is 5.76. The first-order chi connectivity index (χ1) is 8.33. The molecule has 0 radical (unpaired) electrons. The van der Waals surface area contributed by atoms with Gasteiger partial charge in [0.25, 0.3) is 0 Å². The lowest BCUT2D eigenvalue weighted by molar-refractivity contribution is 0.164. The fraction of sp³-hybridized carbons (Fsp3) is 1.00. The summed E-state index contributed by atoms with van der Waals surface area (Å²) in [5.41, 5.74) is 0. The van der Waals surface area contributed by atoms with Crippen LogP contribution in [0.3, 0.4) is 0 Å². The Morgan fingerprint density at radius 2 is 1.53 bits per heavy atom. The van der Waals surface area contributed by atoms with E-state index in [0.29, 0.717) is 0 Å². The Labute approximate surface area is 107 Å². The molecule has 0 N–H and O–H groups in total. The molecule has 3 fully saturated rings. The Hall–Kier alpha value is 0.0700. The molecule has 17 heavy (non-hydrogen) atoms. The number of nitrogens with zero attached hydrogens (tertiary/aromatic N) is 2. The molecule has 3 heterocycles. The normalized spacial score (nSPS) is 41.1. The van der Waals surface area contributed by atoms with Gasteiger partial charge in [0.15, 0.2) is 0 Å². The highest BCUT2D eigenvalue weighted by Crippen LogP contribution is 2.25. The molecule has 3 saturated heterocycles. The Bertz CT molecular complexity index is 287. The zero-order chi connectivity index (χ0) is 11.7. The van der Waals surface area contributed by atoms with Crippen LogP contribution in [-0.2, 0) is 10.8 Å². The van der Waals surface area contributed by atoms with Crippen LogP contribution in [0.25, 0.3) is 0 Å². The molecule has 0 aromatic carbocycles. The van der Waals surface area contributed by atoms with Gasteiger partial charge in [-0.2, -0.15) is 0 Å². The van der Waals surface area contributed by atoms with Gasteiger partial charge in [-0.15, -0.1) is 0 Å². The van der Waals surface area contributed by atoms with Crippen LogP contribution in [0.5, 0.6) is 0 Å². The largest absolute Gasteiger partial charge is 0.299 e. The average Bonchev–Trinajstić information content (AvgIpc) is 2.68. The minimum absolute atomic E-state index is 0.512. The molecular formula is C13H24N2OS. The van der Waals surface area contributed by atoms with E-state index in [-0.39, 0.29) is 0 Å². The van der Waals surface area contributed by atoms with E-state index < -0.39 is 10.8 Å². The molecule has 98 valence electrons. The maximum Gasteiger partial charge on any atom is 0.0249 e. The number of fused-ring (bicyclic) bond motifs is 1. The molecule has 3 aliphatic heterocycles. The first-order valence-corrected chi connectivity index (χ1v) is 8.65. The lowest BCUT2D eigenvalue weighted by Gasteiger charge is -2.34. The first-order valence-electron chi connectivity index (χ1n) is 7.16. The van der Waals surface area contributed by atoms with Crippen molar-refractivity contribution in [2.45, 2.75) is 44.2 Å². The van der Waals surface area contributed by atoms with Gasteiger partial charge in [0.2, 0.25) is 0 Å². The quantitative estimate of drug-likeness (QED) is 0.701. The highest BCUT2D eigenvalue weighted by molar-refractivity contribution is 7.85. The summed E-state index contributed by atoms with van der Waals surface area (Å²) >= 11 is 0. The Morgan fingerprint density at radius 1 is 0.824 bits per heavy atom. The highest BCUT2D eigenvalue weighted by atomic mass is 32.2. The van der Waals surface area contributed by atoms with E-state index in [0.717, 1.165) is 23.6 Å². The summed E-state index contributed by atoms with van der Waals surface area (Å²) in [6, 6.07) is 1.55. The van der Waals surface area contributed by atoms with Crippen molar-refractivity contribution < 1.29 is 4.21 Å². The third kappa shape index (κ3) is 2.74. The maximum absolute atomic E-state index is 11.4. The molecule has 0 aromatic rings. The maximum atomic E-state index is 11.4. The second kappa shape index (κ2) is 5.37. The lowest BCUT2D eigenvalue weighted by Crippen LogP contribution is -2.44. The standard InChI is InChI=1S/C13H24N2OS/c16-17-9-4-12(5-10-17)15-8-2-7-14-6-1-3-13(14)11-15/h12-13H,1-11H2. The average molecular weight is 256 g/mol. The van der Waals surface area contributed by atoms with Crippen molar-refractivity contribution >= 4 is 10.8 Å². The van der Waals surface area contributed by atoms with Gasteiger partial charge in [0.05, 0.1) is 0 Å². The van der Waals surface area contributed by atoms with Gasteiger partial charge in [-0.25, -0.2) is 0 Å². The number of rotatable bonds is 1. The van der Waals surface area contributed by atoms with Crippen LogP contribution in [0.4, 0.5) is 0 Å². The predicted molar refractivity (Wildman–Crippen MR) is 71.7 cm³/mol. The summed E-state index contributed by atoms with van der Waals surface area (Å²) in [6.07, 6.45) is 6.46. The molecule has 3 aliphatic rings. The van der Waals surface area contributed by atoms with E-state index in [1.165, 1.54) is 58.3 Å². The molecule has 4 heteroatoms. The molecule has 3 nitrogen and oxygen atoms in total. The molecule has 0 amide bonds. The van der Waals surface area contributed by atoms with Crippen molar-refractivity contribution in [3.8, 4) is 0 Å². The van der Waals surface area contributed by atoms with E-state index in [1.807, 2.05) is 0 Å². The van der Waals surface area contributed by atoms with Crippen molar-refractivity contribution in [3.05, 3.63) is 0 Å². The fourth-order valence-corrected chi connectivity index (χ4v) is 4.99. The van der Waals surface area contributed by atoms with E-state index in [1.54, 1.807) is 0 Å². The zero-order valence-corrected chi connectivity index (χ0v) is 11.5. The van der Waals surface area contributed by atoms with Crippen LogP contribution >= 0.6 is 0 Å². The van der Waals surface area contributed by atoms with E-state index >= 15 is 0 Å². The third-order valence-electron chi connectivity index (χ3n) is 4.71. The van der Waals surface area contributed by atoms with E-state index in [4.69, 9.17) is 0 Å². The summed E-state index contributed by atoms with van der Waals surface area (Å²) in [6.45, 7) is 5.18. The first kappa shape index (κ1) is 12.1. The lowest BCUT2D eigenvalue weighted by atomic mass is 10.1.